The van der Waals surface area contributed by atoms with Crippen molar-refractivity contribution in [1.29, 1.82) is 0 Å². The predicted octanol–water partition coefficient (Wildman–Crippen LogP) is 4.05. The van der Waals surface area contributed by atoms with Crippen LogP contribution < -0.4 is 10.2 Å². The van der Waals surface area contributed by atoms with Gasteiger partial charge in [0.1, 0.15) is 5.82 Å². The van der Waals surface area contributed by atoms with Gasteiger partial charge >= 0.3 is 0 Å². The van der Waals surface area contributed by atoms with Crippen molar-refractivity contribution in [3.8, 4) is 5.69 Å². The quantitative estimate of drug-likeness (QED) is 0.517. The van der Waals surface area contributed by atoms with Gasteiger partial charge in [0.2, 0.25) is 0 Å². The second-order valence-corrected chi connectivity index (χ2v) is 7.77. The molecule has 0 aliphatic heterocycles. The molecule has 4 rings (SSSR count). The van der Waals surface area contributed by atoms with Gasteiger partial charge in [0.25, 0.3) is 5.91 Å². The molecule has 31 heavy (non-hydrogen) atoms. The molecular weight excluding hydrogens is 388 g/mol. The van der Waals surface area contributed by atoms with Gasteiger partial charge < -0.3 is 10.2 Å². The third-order valence-corrected chi connectivity index (χ3v) is 5.13. The Labute approximate surface area is 181 Å². The maximum absolute atomic E-state index is 12.8. The van der Waals surface area contributed by atoms with Crippen LogP contribution in [0.4, 0.5) is 11.5 Å². The van der Waals surface area contributed by atoms with Crippen LogP contribution in [0.15, 0.2) is 66.9 Å². The lowest BCUT2D eigenvalue weighted by Crippen LogP contribution is -2.16. The van der Waals surface area contributed by atoms with Crippen molar-refractivity contribution in [3.05, 3.63) is 89.4 Å². The van der Waals surface area contributed by atoms with Crippen LogP contribution in [0.1, 0.15) is 27.3 Å². The van der Waals surface area contributed by atoms with E-state index in [-0.39, 0.29) is 5.91 Å². The Hall–Kier alpha value is -3.87. The Bertz CT molecular complexity index is 1190. The molecule has 0 aliphatic rings. The molecule has 2 aromatic heterocycles. The molecule has 0 saturated heterocycles. The third-order valence-electron chi connectivity index (χ3n) is 5.13. The molecule has 2 heterocycles. The van der Waals surface area contributed by atoms with E-state index >= 15 is 0 Å². The lowest BCUT2D eigenvalue weighted by atomic mass is 10.2. The summed E-state index contributed by atoms with van der Waals surface area (Å²) in [4.78, 5) is 14.8. The van der Waals surface area contributed by atoms with E-state index in [0.717, 1.165) is 28.3 Å². The Kier molecular flexibility index (Phi) is 5.58. The first kappa shape index (κ1) is 20.4. The highest BCUT2D eigenvalue weighted by molar-refractivity contribution is 6.03. The van der Waals surface area contributed by atoms with Crippen molar-refractivity contribution in [2.75, 3.05) is 24.3 Å². The van der Waals surface area contributed by atoms with Crippen LogP contribution in [0, 0.1) is 13.8 Å². The number of anilines is 2. The number of amides is 1. The van der Waals surface area contributed by atoms with E-state index < -0.39 is 0 Å². The average molecular weight is 415 g/mol. The van der Waals surface area contributed by atoms with Crippen molar-refractivity contribution in [2.24, 2.45) is 0 Å². The largest absolute Gasteiger partial charge is 0.378 e. The zero-order chi connectivity index (χ0) is 22.0. The number of benzene rings is 2. The molecule has 7 heteroatoms. The Balaban J connectivity index is 1.46. The maximum atomic E-state index is 12.8. The molecule has 1 N–H and O–H groups in total. The summed E-state index contributed by atoms with van der Waals surface area (Å²) >= 11 is 0. The van der Waals surface area contributed by atoms with Gasteiger partial charge in [0, 0.05) is 37.1 Å². The zero-order valence-corrected chi connectivity index (χ0v) is 18.2. The third kappa shape index (κ3) is 4.50. The van der Waals surface area contributed by atoms with E-state index in [1.807, 2.05) is 63.0 Å². The molecule has 0 spiro atoms. The Morgan fingerprint density at radius 2 is 1.71 bits per heavy atom. The molecule has 0 atom stereocenters. The highest BCUT2D eigenvalue weighted by Gasteiger charge is 2.11. The fourth-order valence-corrected chi connectivity index (χ4v) is 3.47. The standard InChI is InChI=1S/C24H26N6O/c1-17-15-18(2)30(27-17)22-11-7-20(8-12-22)24(31)26-23-13-14-25-29(23)16-19-5-9-21(10-6-19)28(3)4/h5-15H,16H2,1-4H3,(H,26,31). The normalized spacial score (nSPS) is 10.8. The molecule has 158 valence electrons. The summed E-state index contributed by atoms with van der Waals surface area (Å²) in [5.74, 6) is 0.480. The number of aryl methyl sites for hydroxylation is 2. The van der Waals surface area contributed by atoms with E-state index in [9.17, 15) is 4.79 Å². The zero-order valence-electron chi connectivity index (χ0n) is 18.2. The topological polar surface area (TPSA) is 68.0 Å². The number of rotatable bonds is 6. The van der Waals surface area contributed by atoms with Crippen molar-refractivity contribution in [2.45, 2.75) is 20.4 Å². The number of hydrogen-bond acceptors (Lipinski definition) is 4. The lowest BCUT2D eigenvalue weighted by Gasteiger charge is -2.13. The molecular formula is C24H26N6O. The number of hydrogen-bond donors (Lipinski definition) is 1. The second-order valence-electron chi connectivity index (χ2n) is 7.77. The Morgan fingerprint density at radius 1 is 1.00 bits per heavy atom. The number of nitrogens with zero attached hydrogens (tertiary/aromatic N) is 5. The smallest absolute Gasteiger partial charge is 0.256 e. The molecule has 0 aliphatic carbocycles. The average Bonchev–Trinajstić information content (AvgIpc) is 3.33. The van der Waals surface area contributed by atoms with Crippen LogP contribution in [0.5, 0.6) is 0 Å². The fourth-order valence-electron chi connectivity index (χ4n) is 3.47. The fraction of sp³-hybridized carbons (Fsp3) is 0.208. The highest BCUT2D eigenvalue weighted by atomic mass is 16.1. The minimum atomic E-state index is -0.176. The van der Waals surface area contributed by atoms with Gasteiger partial charge in [-0.05, 0) is 61.9 Å². The summed E-state index contributed by atoms with van der Waals surface area (Å²) in [5, 5.41) is 11.8. The summed E-state index contributed by atoms with van der Waals surface area (Å²) in [6.07, 6.45) is 1.69. The summed E-state index contributed by atoms with van der Waals surface area (Å²) in [6, 6.07) is 19.5. The minimum Gasteiger partial charge on any atom is -0.378 e. The van der Waals surface area contributed by atoms with Crippen molar-refractivity contribution in [3.63, 3.8) is 0 Å². The van der Waals surface area contributed by atoms with Crippen LogP contribution in [0.2, 0.25) is 0 Å². The SMILES string of the molecule is Cc1cc(C)n(-c2ccc(C(=O)Nc3ccnn3Cc3ccc(N(C)C)cc3)cc2)n1. The summed E-state index contributed by atoms with van der Waals surface area (Å²) in [6.45, 7) is 4.55. The summed E-state index contributed by atoms with van der Waals surface area (Å²) in [7, 11) is 4.03. The van der Waals surface area contributed by atoms with Crippen LogP contribution >= 0.6 is 0 Å². The highest BCUT2D eigenvalue weighted by Crippen LogP contribution is 2.17. The first-order valence-corrected chi connectivity index (χ1v) is 10.1. The van der Waals surface area contributed by atoms with Gasteiger partial charge in [-0.3, -0.25) is 4.79 Å². The molecule has 0 saturated carbocycles. The van der Waals surface area contributed by atoms with Crippen molar-refractivity contribution in [1.82, 2.24) is 19.6 Å². The van der Waals surface area contributed by atoms with Crippen molar-refractivity contribution >= 4 is 17.4 Å². The molecule has 2 aromatic carbocycles. The Morgan fingerprint density at radius 3 is 2.32 bits per heavy atom. The number of nitrogens with one attached hydrogen (secondary N) is 1. The minimum absolute atomic E-state index is 0.176. The van der Waals surface area contributed by atoms with E-state index in [4.69, 9.17) is 0 Å². The van der Waals surface area contributed by atoms with Crippen LogP contribution in [-0.2, 0) is 6.54 Å². The lowest BCUT2D eigenvalue weighted by molar-refractivity contribution is 0.102. The van der Waals surface area contributed by atoms with Gasteiger partial charge in [-0.25, -0.2) is 9.36 Å². The first-order valence-electron chi connectivity index (χ1n) is 10.1. The molecule has 0 radical (unpaired) electrons. The number of carbonyl (C=O) groups is 1. The van der Waals surface area contributed by atoms with Gasteiger partial charge in [0.05, 0.1) is 24.1 Å². The molecule has 7 nitrogen and oxygen atoms in total. The van der Waals surface area contributed by atoms with Gasteiger partial charge in [-0.1, -0.05) is 12.1 Å². The first-order chi connectivity index (χ1) is 14.9. The van der Waals surface area contributed by atoms with Crippen LogP contribution in [-0.4, -0.2) is 39.6 Å². The van der Waals surface area contributed by atoms with E-state index in [1.165, 1.54) is 0 Å². The number of aromatic nitrogens is 4. The predicted molar refractivity (Wildman–Crippen MR) is 123 cm³/mol. The van der Waals surface area contributed by atoms with Crippen LogP contribution in [0.25, 0.3) is 5.69 Å². The molecule has 0 unspecified atom stereocenters. The molecule has 0 bridgehead atoms. The van der Waals surface area contributed by atoms with Gasteiger partial charge in [-0.15, -0.1) is 0 Å². The summed E-state index contributed by atoms with van der Waals surface area (Å²) in [5.41, 5.74) is 5.77. The van der Waals surface area contributed by atoms with Crippen LogP contribution in [0.3, 0.4) is 0 Å². The maximum Gasteiger partial charge on any atom is 0.256 e. The van der Waals surface area contributed by atoms with Crippen molar-refractivity contribution < 1.29 is 4.79 Å². The monoisotopic (exact) mass is 414 g/mol. The summed E-state index contributed by atoms with van der Waals surface area (Å²) < 4.78 is 3.65. The van der Waals surface area contributed by atoms with E-state index in [1.54, 1.807) is 16.9 Å². The molecule has 0 fully saturated rings. The van der Waals surface area contributed by atoms with Gasteiger partial charge in [-0.2, -0.15) is 10.2 Å². The van der Waals surface area contributed by atoms with Gasteiger partial charge in [0.15, 0.2) is 0 Å². The molecule has 1 amide bonds. The second kappa shape index (κ2) is 8.47. The van der Waals surface area contributed by atoms with E-state index in [2.05, 4.69) is 44.7 Å². The number of carbonyl (C=O) groups excluding carboxylic acids is 1. The van der Waals surface area contributed by atoms with E-state index in [0.29, 0.717) is 17.9 Å². The molecule has 4 aromatic rings.